The smallest absolute Gasteiger partial charge is 0.328 e. The van der Waals surface area contributed by atoms with E-state index in [4.69, 9.17) is 4.74 Å². The summed E-state index contributed by atoms with van der Waals surface area (Å²) in [6.45, 7) is 4.88. The first-order valence-corrected chi connectivity index (χ1v) is 7.57. The number of carboxylic acid groups (broad SMARTS) is 1. The second-order valence-corrected chi connectivity index (χ2v) is 6.13. The summed E-state index contributed by atoms with van der Waals surface area (Å²) in [7, 11) is 0. The summed E-state index contributed by atoms with van der Waals surface area (Å²) >= 11 is 1.44. The fraction of sp³-hybridized carbons (Fsp3) is 0.571. The third kappa shape index (κ3) is 3.02. The predicted octanol–water partition coefficient (Wildman–Crippen LogP) is 1.93. The van der Waals surface area contributed by atoms with Gasteiger partial charge in [0.25, 0.3) is 5.91 Å². The van der Waals surface area contributed by atoms with Crippen molar-refractivity contribution in [1.29, 1.82) is 0 Å². The summed E-state index contributed by atoms with van der Waals surface area (Å²) < 4.78 is 5.16. The molecule has 5 nitrogen and oxygen atoms in total. The lowest BCUT2D eigenvalue weighted by Crippen LogP contribution is -2.52. The van der Waals surface area contributed by atoms with Crippen molar-refractivity contribution in [3.8, 4) is 0 Å². The Morgan fingerprint density at radius 1 is 1.55 bits per heavy atom. The van der Waals surface area contributed by atoms with Crippen LogP contribution in [0.2, 0.25) is 0 Å². The first-order chi connectivity index (χ1) is 9.54. The summed E-state index contributed by atoms with van der Waals surface area (Å²) in [6.07, 6.45) is 1.97. The van der Waals surface area contributed by atoms with Crippen LogP contribution in [0.4, 0.5) is 0 Å². The fourth-order valence-corrected chi connectivity index (χ4v) is 3.36. The first kappa shape index (κ1) is 15.0. The summed E-state index contributed by atoms with van der Waals surface area (Å²) in [4.78, 5) is 26.9. The molecule has 0 bridgehead atoms. The standard InChI is InChI=1S/C14H19NO4S/c1-3-4-10-7-12(20-9(10)2)13(16)15-5-6-19-8-11(15)14(17)18/h7,11H,3-6,8H2,1-2H3,(H,17,18)/t11-/m0/s1. The Morgan fingerprint density at radius 2 is 2.30 bits per heavy atom. The molecule has 1 fully saturated rings. The number of amides is 1. The molecule has 1 saturated heterocycles. The van der Waals surface area contributed by atoms with Gasteiger partial charge >= 0.3 is 5.97 Å². The lowest BCUT2D eigenvalue weighted by molar-refractivity contribution is -0.147. The first-order valence-electron chi connectivity index (χ1n) is 6.75. The lowest BCUT2D eigenvalue weighted by Gasteiger charge is -2.32. The fourth-order valence-electron chi connectivity index (χ4n) is 2.34. The quantitative estimate of drug-likeness (QED) is 0.922. The maximum atomic E-state index is 12.5. The molecule has 1 aromatic rings. The third-order valence-corrected chi connectivity index (χ3v) is 4.51. The van der Waals surface area contributed by atoms with Crippen LogP contribution in [0.25, 0.3) is 0 Å². The van der Waals surface area contributed by atoms with Crippen LogP contribution in [0, 0.1) is 6.92 Å². The second-order valence-electron chi connectivity index (χ2n) is 4.87. The van der Waals surface area contributed by atoms with Crippen LogP contribution >= 0.6 is 11.3 Å². The van der Waals surface area contributed by atoms with Gasteiger partial charge in [-0.05, 0) is 25.0 Å². The Labute approximate surface area is 122 Å². The van der Waals surface area contributed by atoms with Gasteiger partial charge in [0, 0.05) is 11.4 Å². The van der Waals surface area contributed by atoms with E-state index in [-0.39, 0.29) is 12.5 Å². The van der Waals surface area contributed by atoms with Gasteiger partial charge in [-0.3, -0.25) is 4.79 Å². The highest BCUT2D eigenvalue weighted by Crippen LogP contribution is 2.25. The van der Waals surface area contributed by atoms with E-state index < -0.39 is 12.0 Å². The molecule has 0 aromatic carbocycles. The maximum absolute atomic E-state index is 12.5. The molecule has 1 atom stereocenters. The van der Waals surface area contributed by atoms with Gasteiger partial charge in [-0.25, -0.2) is 4.79 Å². The van der Waals surface area contributed by atoms with Gasteiger partial charge in [-0.1, -0.05) is 13.3 Å². The number of hydrogen-bond donors (Lipinski definition) is 1. The molecule has 0 aliphatic carbocycles. The van der Waals surface area contributed by atoms with Crippen LogP contribution < -0.4 is 0 Å². The topological polar surface area (TPSA) is 66.8 Å². The number of carbonyl (C=O) groups excluding carboxylic acids is 1. The highest BCUT2D eigenvalue weighted by atomic mass is 32.1. The van der Waals surface area contributed by atoms with Crippen molar-refractivity contribution in [2.24, 2.45) is 0 Å². The molecule has 1 N–H and O–H groups in total. The van der Waals surface area contributed by atoms with Gasteiger partial charge in [0.2, 0.25) is 0 Å². The highest BCUT2D eigenvalue weighted by Gasteiger charge is 2.33. The van der Waals surface area contributed by atoms with E-state index in [1.165, 1.54) is 21.8 Å². The van der Waals surface area contributed by atoms with Crippen molar-refractivity contribution in [2.75, 3.05) is 19.8 Å². The SMILES string of the molecule is CCCc1cc(C(=O)N2CCOC[C@H]2C(=O)O)sc1C. The molecular formula is C14H19NO4S. The number of nitrogens with zero attached hydrogens (tertiary/aromatic N) is 1. The van der Waals surface area contributed by atoms with Crippen molar-refractivity contribution in [2.45, 2.75) is 32.7 Å². The van der Waals surface area contributed by atoms with Crippen LogP contribution in [0.3, 0.4) is 0 Å². The number of hydrogen-bond acceptors (Lipinski definition) is 4. The number of aryl methyl sites for hydroxylation is 2. The number of ether oxygens (including phenoxy) is 1. The van der Waals surface area contributed by atoms with E-state index in [0.29, 0.717) is 18.0 Å². The molecule has 1 aromatic heterocycles. The molecule has 0 unspecified atom stereocenters. The van der Waals surface area contributed by atoms with E-state index >= 15 is 0 Å². The molecular weight excluding hydrogens is 278 g/mol. The Morgan fingerprint density at radius 3 is 2.95 bits per heavy atom. The zero-order valence-electron chi connectivity index (χ0n) is 11.7. The number of thiophene rings is 1. The molecule has 0 spiro atoms. The van der Waals surface area contributed by atoms with Gasteiger partial charge in [0.15, 0.2) is 6.04 Å². The molecule has 0 saturated carbocycles. The van der Waals surface area contributed by atoms with Crippen LogP contribution in [0.1, 0.15) is 33.5 Å². The Hall–Kier alpha value is -1.40. The van der Waals surface area contributed by atoms with Crippen LogP contribution in [-0.2, 0) is 16.0 Å². The Balaban J connectivity index is 2.20. The Kier molecular flexibility index (Phi) is 4.77. The van der Waals surface area contributed by atoms with Crippen molar-refractivity contribution in [3.05, 3.63) is 21.4 Å². The third-order valence-electron chi connectivity index (χ3n) is 3.43. The van der Waals surface area contributed by atoms with Crippen LogP contribution in [0.15, 0.2) is 6.07 Å². The van der Waals surface area contributed by atoms with Gasteiger partial charge in [0.05, 0.1) is 18.1 Å². The number of morpholine rings is 1. The molecule has 2 rings (SSSR count). The summed E-state index contributed by atoms with van der Waals surface area (Å²) in [5.74, 6) is -1.21. The summed E-state index contributed by atoms with van der Waals surface area (Å²) in [5, 5.41) is 9.18. The zero-order valence-corrected chi connectivity index (χ0v) is 12.5. The van der Waals surface area contributed by atoms with Crippen LogP contribution in [-0.4, -0.2) is 47.7 Å². The minimum atomic E-state index is -1.01. The van der Waals surface area contributed by atoms with Crippen LogP contribution in [0.5, 0.6) is 0 Å². The molecule has 20 heavy (non-hydrogen) atoms. The monoisotopic (exact) mass is 297 g/mol. The van der Waals surface area contributed by atoms with Crippen molar-refractivity contribution in [1.82, 2.24) is 4.90 Å². The lowest BCUT2D eigenvalue weighted by atomic mass is 10.1. The minimum Gasteiger partial charge on any atom is -0.480 e. The van der Waals surface area contributed by atoms with Gasteiger partial charge < -0.3 is 14.7 Å². The molecule has 0 radical (unpaired) electrons. The molecule has 6 heteroatoms. The normalized spacial score (nSPS) is 19.1. The van der Waals surface area contributed by atoms with E-state index in [1.54, 1.807) is 0 Å². The van der Waals surface area contributed by atoms with Gasteiger partial charge in [-0.15, -0.1) is 11.3 Å². The predicted molar refractivity (Wildman–Crippen MR) is 76.3 cm³/mol. The van der Waals surface area contributed by atoms with E-state index in [2.05, 4.69) is 6.92 Å². The largest absolute Gasteiger partial charge is 0.480 e. The molecule has 1 aliphatic rings. The average Bonchev–Trinajstić information content (AvgIpc) is 2.80. The Bertz CT molecular complexity index is 511. The molecule has 2 heterocycles. The molecule has 110 valence electrons. The van der Waals surface area contributed by atoms with Gasteiger partial charge in [-0.2, -0.15) is 0 Å². The van der Waals surface area contributed by atoms with Gasteiger partial charge in [0.1, 0.15) is 0 Å². The van der Waals surface area contributed by atoms with Crippen molar-refractivity contribution < 1.29 is 19.4 Å². The average molecular weight is 297 g/mol. The van der Waals surface area contributed by atoms with E-state index in [1.807, 2.05) is 13.0 Å². The minimum absolute atomic E-state index is 0.0627. The number of rotatable bonds is 4. The summed E-state index contributed by atoms with van der Waals surface area (Å²) in [6, 6.07) is 1.02. The molecule has 1 amide bonds. The van der Waals surface area contributed by atoms with Crippen molar-refractivity contribution >= 4 is 23.2 Å². The number of carboxylic acids is 1. The second kappa shape index (κ2) is 6.37. The maximum Gasteiger partial charge on any atom is 0.328 e. The highest BCUT2D eigenvalue weighted by molar-refractivity contribution is 7.14. The van der Waals surface area contributed by atoms with E-state index in [0.717, 1.165) is 17.7 Å². The van der Waals surface area contributed by atoms with Crippen molar-refractivity contribution in [3.63, 3.8) is 0 Å². The summed E-state index contributed by atoms with van der Waals surface area (Å²) in [5.41, 5.74) is 1.18. The molecule has 1 aliphatic heterocycles. The number of aliphatic carboxylic acids is 1. The zero-order chi connectivity index (χ0) is 14.7. The number of carbonyl (C=O) groups is 2. The van der Waals surface area contributed by atoms with E-state index in [9.17, 15) is 14.7 Å².